The van der Waals surface area contributed by atoms with Gasteiger partial charge in [-0.2, -0.15) is 0 Å². The Balaban J connectivity index is 1.55. The van der Waals surface area contributed by atoms with Gasteiger partial charge in [0, 0.05) is 29.8 Å². The Labute approximate surface area is 118 Å². The van der Waals surface area contributed by atoms with Crippen molar-refractivity contribution < 1.29 is 0 Å². The first kappa shape index (κ1) is 12.8. The van der Waals surface area contributed by atoms with E-state index in [0.29, 0.717) is 0 Å². The molecule has 102 valence electrons. The maximum Gasteiger partial charge on any atom is 0.125 e. The van der Waals surface area contributed by atoms with E-state index in [0.717, 1.165) is 31.0 Å². The van der Waals surface area contributed by atoms with Crippen LogP contribution in [0.4, 0.5) is 0 Å². The van der Waals surface area contributed by atoms with Crippen LogP contribution in [0.1, 0.15) is 17.1 Å². The average molecular weight is 266 g/mol. The fourth-order valence-corrected chi connectivity index (χ4v) is 2.38. The van der Waals surface area contributed by atoms with Gasteiger partial charge in [-0.25, -0.2) is 9.97 Å². The molecule has 0 atom stereocenters. The van der Waals surface area contributed by atoms with Gasteiger partial charge in [0.05, 0.1) is 5.69 Å². The molecule has 0 fully saturated rings. The second-order valence-corrected chi connectivity index (χ2v) is 4.88. The third kappa shape index (κ3) is 2.86. The molecule has 1 aromatic carbocycles. The fourth-order valence-electron chi connectivity index (χ4n) is 2.38. The molecule has 0 aliphatic rings. The minimum atomic E-state index is 0.783. The van der Waals surface area contributed by atoms with E-state index < -0.39 is 0 Å². The van der Waals surface area contributed by atoms with Gasteiger partial charge in [0.15, 0.2) is 0 Å². The van der Waals surface area contributed by atoms with E-state index in [4.69, 9.17) is 0 Å². The first-order valence-corrected chi connectivity index (χ1v) is 6.87. The van der Waals surface area contributed by atoms with Crippen LogP contribution in [0.5, 0.6) is 0 Å². The molecule has 2 aromatic heterocycles. The van der Waals surface area contributed by atoms with Gasteiger partial charge in [-0.05, 0) is 37.6 Å². The molecule has 0 radical (unpaired) electrons. The monoisotopic (exact) mass is 266 g/mol. The van der Waals surface area contributed by atoms with Crippen molar-refractivity contribution >= 4 is 10.9 Å². The van der Waals surface area contributed by atoms with Crippen molar-refractivity contribution in [3.8, 4) is 0 Å². The zero-order chi connectivity index (χ0) is 13.8. The molecule has 0 aliphatic carbocycles. The number of aryl methyl sites for hydroxylation is 1. The number of nitrogens with one attached hydrogen (secondary N) is 2. The first-order chi connectivity index (χ1) is 9.83. The van der Waals surface area contributed by atoms with Gasteiger partial charge in [-0.15, -0.1) is 0 Å². The van der Waals surface area contributed by atoms with Crippen LogP contribution in [-0.4, -0.2) is 21.5 Å². The third-order valence-electron chi connectivity index (χ3n) is 3.39. The average Bonchev–Trinajstić information content (AvgIpc) is 2.87. The number of fused-ring (bicyclic) bond motifs is 1. The molecule has 0 spiro atoms. The SMILES string of the molecule is Cc1nccc(CNCCc2c[nH]c3ccccc23)n1. The molecule has 20 heavy (non-hydrogen) atoms. The van der Waals surface area contributed by atoms with Crippen molar-refractivity contribution in [2.75, 3.05) is 6.54 Å². The molecule has 4 heteroatoms. The van der Waals surface area contributed by atoms with Crippen molar-refractivity contribution in [3.63, 3.8) is 0 Å². The molecule has 4 nitrogen and oxygen atoms in total. The van der Waals surface area contributed by atoms with Crippen LogP contribution in [0.2, 0.25) is 0 Å². The van der Waals surface area contributed by atoms with E-state index in [-0.39, 0.29) is 0 Å². The molecule has 0 saturated heterocycles. The maximum absolute atomic E-state index is 4.38. The lowest BCUT2D eigenvalue weighted by molar-refractivity contribution is 0.672. The Morgan fingerprint density at radius 3 is 3.00 bits per heavy atom. The number of nitrogens with zero attached hydrogens (tertiary/aromatic N) is 2. The lowest BCUT2D eigenvalue weighted by Gasteiger charge is -2.04. The molecule has 0 aliphatic heterocycles. The van der Waals surface area contributed by atoms with Gasteiger partial charge >= 0.3 is 0 Å². The number of rotatable bonds is 5. The van der Waals surface area contributed by atoms with E-state index in [1.165, 1.54) is 16.5 Å². The Hall–Kier alpha value is -2.20. The summed E-state index contributed by atoms with van der Waals surface area (Å²) in [5.74, 6) is 0.820. The molecule has 0 saturated carbocycles. The molecular weight excluding hydrogens is 248 g/mol. The molecule has 2 heterocycles. The molecule has 2 N–H and O–H groups in total. The summed E-state index contributed by atoms with van der Waals surface area (Å²) >= 11 is 0. The number of benzene rings is 1. The molecule has 0 bridgehead atoms. The Morgan fingerprint density at radius 2 is 2.10 bits per heavy atom. The second kappa shape index (κ2) is 5.84. The Bertz CT molecular complexity index is 702. The number of H-pyrrole nitrogens is 1. The molecule has 3 rings (SSSR count). The first-order valence-electron chi connectivity index (χ1n) is 6.87. The summed E-state index contributed by atoms with van der Waals surface area (Å²) in [4.78, 5) is 11.8. The van der Waals surface area contributed by atoms with Crippen LogP contribution in [0.25, 0.3) is 10.9 Å². The van der Waals surface area contributed by atoms with Crippen molar-refractivity contribution in [1.82, 2.24) is 20.3 Å². The number of aromatic amines is 1. The number of hydrogen-bond acceptors (Lipinski definition) is 3. The van der Waals surface area contributed by atoms with Gasteiger partial charge in [0.2, 0.25) is 0 Å². The summed E-state index contributed by atoms with van der Waals surface area (Å²) in [6.07, 6.45) is 4.91. The summed E-state index contributed by atoms with van der Waals surface area (Å²) in [6, 6.07) is 10.4. The summed E-state index contributed by atoms with van der Waals surface area (Å²) in [5.41, 5.74) is 3.59. The van der Waals surface area contributed by atoms with E-state index in [9.17, 15) is 0 Å². The van der Waals surface area contributed by atoms with Crippen LogP contribution in [-0.2, 0) is 13.0 Å². The number of aromatic nitrogens is 3. The van der Waals surface area contributed by atoms with Gasteiger partial charge < -0.3 is 10.3 Å². The van der Waals surface area contributed by atoms with E-state index in [1.807, 2.05) is 13.0 Å². The lowest BCUT2D eigenvalue weighted by atomic mass is 10.1. The zero-order valence-corrected chi connectivity index (χ0v) is 11.6. The Kier molecular flexibility index (Phi) is 3.74. The summed E-state index contributed by atoms with van der Waals surface area (Å²) in [7, 11) is 0. The minimum absolute atomic E-state index is 0.783. The van der Waals surface area contributed by atoms with Crippen LogP contribution in [0.15, 0.2) is 42.7 Å². The predicted molar refractivity (Wildman–Crippen MR) is 80.5 cm³/mol. The van der Waals surface area contributed by atoms with Crippen molar-refractivity contribution in [2.45, 2.75) is 19.9 Å². The topological polar surface area (TPSA) is 53.6 Å². The largest absolute Gasteiger partial charge is 0.361 e. The van der Waals surface area contributed by atoms with E-state index in [2.05, 4.69) is 50.7 Å². The van der Waals surface area contributed by atoms with Gasteiger partial charge in [-0.1, -0.05) is 18.2 Å². The van der Waals surface area contributed by atoms with Gasteiger partial charge in [-0.3, -0.25) is 0 Å². The van der Waals surface area contributed by atoms with Crippen LogP contribution >= 0.6 is 0 Å². The summed E-state index contributed by atoms with van der Waals surface area (Å²) in [6.45, 7) is 3.63. The van der Waals surface area contributed by atoms with Crippen LogP contribution in [0, 0.1) is 6.92 Å². The highest BCUT2D eigenvalue weighted by molar-refractivity contribution is 5.83. The Morgan fingerprint density at radius 1 is 1.20 bits per heavy atom. The molecule has 0 amide bonds. The highest BCUT2D eigenvalue weighted by Gasteiger charge is 2.02. The van der Waals surface area contributed by atoms with Gasteiger partial charge in [0.25, 0.3) is 0 Å². The van der Waals surface area contributed by atoms with Gasteiger partial charge in [0.1, 0.15) is 5.82 Å². The molecular formula is C16H18N4. The lowest BCUT2D eigenvalue weighted by Crippen LogP contribution is -2.17. The molecule has 3 aromatic rings. The van der Waals surface area contributed by atoms with Crippen LogP contribution < -0.4 is 5.32 Å². The van der Waals surface area contributed by atoms with Crippen molar-refractivity contribution in [1.29, 1.82) is 0 Å². The summed E-state index contributed by atoms with van der Waals surface area (Å²) < 4.78 is 0. The highest BCUT2D eigenvalue weighted by atomic mass is 14.9. The minimum Gasteiger partial charge on any atom is -0.361 e. The van der Waals surface area contributed by atoms with E-state index in [1.54, 1.807) is 6.20 Å². The number of hydrogen-bond donors (Lipinski definition) is 2. The quantitative estimate of drug-likeness (QED) is 0.698. The second-order valence-electron chi connectivity index (χ2n) is 4.88. The number of para-hydroxylation sites is 1. The smallest absolute Gasteiger partial charge is 0.125 e. The fraction of sp³-hybridized carbons (Fsp3) is 0.250. The van der Waals surface area contributed by atoms with Crippen molar-refractivity contribution in [3.05, 3.63) is 59.8 Å². The third-order valence-corrected chi connectivity index (χ3v) is 3.39. The predicted octanol–water partition coefficient (Wildman–Crippen LogP) is 2.60. The summed E-state index contributed by atoms with van der Waals surface area (Å²) in [5, 5.41) is 4.74. The highest BCUT2D eigenvalue weighted by Crippen LogP contribution is 2.17. The van der Waals surface area contributed by atoms with Crippen LogP contribution in [0.3, 0.4) is 0 Å². The van der Waals surface area contributed by atoms with Crippen molar-refractivity contribution in [2.24, 2.45) is 0 Å². The maximum atomic E-state index is 4.38. The standard InChI is InChI=1S/C16H18N4/c1-12-18-9-7-14(20-12)11-17-8-6-13-10-19-16-5-3-2-4-15(13)16/h2-5,7,9-10,17,19H,6,8,11H2,1H3. The normalized spacial score (nSPS) is 11.1. The van der Waals surface area contributed by atoms with E-state index >= 15 is 0 Å². The zero-order valence-electron chi connectivity index (χ0n) is 11.6. The molecule has 0 unspecified atom stereocenters.